The number of carbonyl (C=O) groups is 1. The summed E-state index contributed by atoms with van der Waals surface area (Å²) < 4.78 is 16.7. The van der Waals surface area contributed by atoms with Crippen LogP contribution in [-0.2, 0) is 22.4 Å². The highest BCUT2D eigenvalue weighted by Crippen LogP contribution is 2.21. The van der Waals surface area contributed by atoms with Crippen molar-refractivity contribution in [1.29, 1.82) is 0 Å². The molecule has 6 heteroatoms. The van der Waals surface area contributed by atoms with E-state index in [0.717, 1.165) is 28.0 Å². The largest absolute Gasteiger partial charge is 0.492 e. The Hall–Kier alpha value is -3.80. The molecule has 0 saturated heterocycles. The van der Waals surface area contributed by atoms with Crippen LogP contribution in [0.5, 0.6) is 5.75 Å². The average Bonchev–Trinajstić information content (AvgIpc) is 3.29. The molecule has 0 saturated carbocycles. The summed E-state index contributed by atoms with van der Waals surface area (Å²) in [5.41, 5.74) is 3.80. The van der Waals surface area contributed by atoms with Crippen molar-refractivity contribution in [3.63, 3.8) is 0 Å². The number of benzene rings is 3. The van der Waals surface area contributed by atoms with Crippen LogP contribution in [0.25, 0.3) is 11.1 Å². The summed E-state index contributed by atoms with van der Waals surface area (Å²) in [5, 5.41) is 0. The number of nitrogens with zero attached hydrogens (tertiary/aromatic N) is 2. The molecular formula is C27H28N2O4. The molecule has 1 aromatic heterocycles. The lowest BCUT2D eigenvalue weighted by atomic mass is 9.92. The van der Waals surface area contributed by atoms with Gasteiger partial charge in [0, 0.05) is 7.05 Å². The van der Waals surface area contributed by atoms with E-state index in [-0.39, 0.29) is 11.9 Å². The van der Waals surface area contributed by atoms with Crippen LogP contribution in [0, 0.1) is 5.92 Å². The monoisotopic (exact) mass is 444 g/mol. The number of fused-ring (bicyclic) bond motifs is 1. The number of hydrogen-bond acceptors (Lipinski definition) is 6. The Balaban J connectivity index is 1.30. The molecule has 0 aliphatic rings. The van der Waals surface area contributed by atoms with E-state index in [0.29, 0.717) is 32.0 Å². The molecule has 4 aromatic rings. The highest BCUT2D eigenvalue weighted by Gasteiger charge is 2.20. The first kappa shape index (κ1) is 22.4. The second-order valence-corrected chi connectivity index (χ2v) is 7.99. The van der Waals surface area contributed by atoms with E-state index in [1.807, 2.05) is 90.8 Å². The molecule has 170 valence electrons. The molecule has 0 spiro atoms. The number of likely N-dealkylation sites (N-methyl/N-ethyl adjacent to an activating group) is 1. The summed E-state index contributed by atoms with van der Waals surface area (Å²) in [4.78, 5) is 18.7. The zero-order valence-electron chi connectivity index (χ0n) is 18.9. The van der Waals surface area contributed by atoms with Crippen LogP contribution in [0.1, 0.15) is 11.1 Å². The van der Waals surface area contributed by atoms with E-state index in [4.69, 9.17) is 13.9 Å². The van der Waals surface area contributed by atoms with Crippen LogP contribution < -0.4 is 9.64 Å². The minimum atomic E-state index is -0.228. The minimum absolute atomic E-state index is 0.193. The van der Waals surface area contributed by atoms with Gasteiger partial charge >= 0.3 is 5.97 Å². The number of hydrogen-bond donors (Lipinski definition) is 0. The number of carbonyl (C=O) groups excluding carboxylic acids is 1. The first-order valence-corrected chi connectivity index (χ1v) is 11.0. The summed E-state index contributed by atoms with van der Waals surface area (Å²) in [6.45, 7) is 1.13. The number of methoxy groups -OCH3 is 1. The second-order valence-electron chi connectivity index (χ2n) is 7.99. The molecule has 4 rings (SSSR count). The Morgan fingerprint density at radius 1 is 0.939 bits per heavy atom. The molecule has 6 nitrogen and oxygen atoms in total. The highest BCUT2D eigenvalue weighted by molar-refractivity contribution is 5.74. The predicted molar refractivity (Wildman–Crippen MR) is 129 cm³/mol. The maximum atomic E-state index is 12.3. The Morgan fingerprint density at radius 3 is 2.30 bits per heavy atom. The summed E-state index contributed by atoms with van der Waals surface area (Å²) in [7, 11) is 3.37. The van der Waals surface area contributed by atoms with Gasteiger partial charge in [-0.2, -0.15) is 4.98 Å². The molecule has 3 aromatic carbocycles. The van der Waals surface area contributed by atoms with Gasteiger partial charge in [-0.05, 0) is 48.2 Å². The van der Waals surface area contributed by atoms with Crippen LogP contribution in [0.3, 0.4) is 0 Å². The lowest BCUT2D eigenvalue weighted by Gasteiger charge is -2.16. The summed E-state index contributed by atoms with van der Waals surface area (Å²) in [6, 6.07) is 26.2. The first-order valence-electron chi connectivity index (χ1n) is 11.0. The molecular weight excluding hydrogens is 416 g/mol. The van der Waals surface area contributed by atoms with E-state index in [1.165, 1.54) is 7.11 Å². The molecule has 0 aliphatic carbocycles. The number of esters is 1. The van der Waals surface area contributed by atoms with E-state index in [9.17, 15) is 4.79 Å². The van der Waals surface area contributed by atoms with Crippen LogP contribution in [0.4, 0.5) is 6.01 Å². The van der Waals surface area contributed by atoms with Gasteiger partial charge in [0.2, 0.25) is 0 Å². The molecule has 1 atom stereocenters. The smallest absolute Gasteiger partial charge is 0.309 e. The van der Waals surface area contributed by atoms with Gasteiger partial charge in [0.05, 0.1) is 19.6 Å². The Labute approximate surface area is 193 Å². The van der Waals surface area contributed by atoms with Crippen molar-refractivity contribution >= 4 is 23.1 Å². The fourth-order valence-corrected chi connectivity index (χ4v) is 3.73. The normalized spacial score (nSPS) is 11.8. The van der Waals surface area contributed by atoms with Crippen molar-refractivity contribution in [3.8, 4) is 5.75 Å². The molecule has 33 heavy (non-hydrogen) atoms. The summed E-state index contributed by atoms with van der Waals surface area (Å²) in [6.07, 6.45) is 1.26. The fourth-order valence-electron chi connectivity index (χ4n) is 3.73. The third-order valence-corrected chi connectivity index (χ3v) is 5.57. The van der Waals surface area contributed by atoms with Crippen LogP contribution in [-0.4, -0.2) is 38.3 Å². The van der Waals surface area contributed by atoms with Crippen molar-refractivity contribution in [2.45, 2.75) is 12.8 Å². The van der Waals surface area contributed by atoms with Gasteiger partial charge < -0.3 is 18.8 Å². The topological polar surface area (TPSA) is 64.8 Å². The van der Waals surface area contributed by atoms with Crippen LogP contribution in [0.2, 0.25) is 0 Å². The molecule has 1 heterocycles. The Bertz CT molecular complexity index is 1140. The number of para-hydroxylation sites is 2. The third kappa shape index (κ3) is 5.92. The molecule has 0 radical (unpaired) electrons. The van der Waals surface area contributed by atoms with Gasteiger partial charge in [-0.3, -0.25) is 4.79 Å². The zero-order valence-corrected chi connectivity index (χ0v) is 18.9. The van der Waals surface area contributed by atoms with Crippen LogP contribution >= 0.6 is 0 Å². The molecule has 0 fully saturated rings. The van der Waals surface area contributed by atoms with Gasteiger partial charge in [0.15, 0.2) is 5.58 Å². The SMILES string of the molecule is COC(=O)C(Cc1ccccc1)Cc1ccc(OCCN(C)c2nc3ccccc3o2)cc1. The number of anilines is 1. The fraction of sp³-hybridized carbons (Fsp3) is 0.259. The van der Waals surface area contributed by atoms with Crippen molar-refractivity contribution in [2.75, 3.05) is 32.2 Å². The third-order valence-electron chi connectivity index (χ3n) is 5.57. The van der Waals surface area contributed by atoms with E-state index >= 15 is 0 Å². The lowest BCUT2D eigenvalue weighted by Crippen LogP contribution is -2.24. The molecule has 1 unspecified atom stereocenters. The van der Waals surface area contributed by atoms with Crippen molar-refractivity contribution in [3.05, 3.63) is 90.0 Å². The van der Waals surface area contributed by atoms with Crippen molar-refractivity contribution < 1.29 is 18.7 Å². The van der Waals surface area contributed by atoms with E-state index in [1.54, 1.807) is 0 Å². The Kier molecular flexibility index (Phi) is 7.25. The molecule has 0 bridgehead atoms. The second kappa shape index (κ2) is 10.7. The quantitative estimate of drug-likeness (QED) is 0.324. The molecule has 0 aliphatic heterocycles. The highest BCUT2D eigenvalue weighted by atomic mass is 16.5. The Morgan fingerprint density at radius 2 is 1.61 bits per heavy atom. The molecule has 0 N–H and O–H groups in total. The van der Waals surface area contributed by atoms with Crippen molar-refractivity contribution in [2.24, 2.45) is 5.92 Å². The maximum absolute atomic E-state index is 12.3. The first-order chi connectivity index (χ1) is 16.1. The lowest BCUT2D eigenvalue weighted by molar-refractivity contribution is -0.145. The predicted octanol–water partition coefficient (Wildman–Crippen LogP) is 4.92. The van der Waals surface area contributed by atoms with Gasteiger partial charge in [-0.25, -0.2) is 0 Å². The number of aromatic nitrogens is 1. The average molecular weight is 445 g/mol. The minimum Gasteiger partial charge on any atom is -0.492 e. The van der Waals surface area contributed by atoms with Crippen LogP contribution in [0.15, 0.2) is 83.3 Å². The van der Waals surface area contributed by atoms with Gasteiger partial charge in [0.1, 0.15) is 17.9 Å². The maximum Gasteiger partial charge on any atom is 0.309 e. The summed E-state index contributed by atoms with van der Waals surface area (Å²) >= 11 is 0. The van der Waals surface area contributed by atoms with Gasteiger partial charge in [-0.15, -0.1) is 0 Å². The van der Waals surface area contributed by atoms with Gasteiger partial charge in [0.25, 0.3) is 6.01 Å². The van der Waals surface area contributed by atoms with E-state index < -0.39 is 0 Å². The summed E-state index contributed by atoms with van der Waals surface area (Å²) in [5.74, 6) is 0.359. The molecule has 0 amide bonds. The number of oxazole rings is 1. The number of rotatable bonds is 10. The van der Waals surface area contributed by atoms with E-state index in [2.05, 4.69) is 4.98 Å². The zero-order chi connectivity index (χ0) is 23.0. The standard InChI is InChI=1S/C27H28N2O4/c1-29(27-28-24-10-6-7-11-25(24)33-27)16-17-32-23-14-12-21(13-15-23)19-22(26(30)31-2)18-20-8-4-3-5-9-20/h3-15,22H,16-19H2,1-2H3. The van der Waals surface area contributed by atoms with Gasteiger partial charge in [-0.1, -0.05) is 54.6 Å². The van der Waals surface area contributed by atoms with Crippen molar-refractivity contribution in [1.82, 2.24) is 4.98 Å². The number of ether oxygens (including phenoxy) is 2.